The summed E-state index contributed by atoms with van der Waals surface area (Å²) in [5.41, 5.74) is 1.55. The van der Waals surface area contributed by atoms with E-state index in [1.54, 1.807) is 47.6 Å². The summed E-state index contributed by atoms with van der Waals surface area (Å²) in [6.45, 7) is 5.95. The quantitative estimate of drug-likeness (QED) is 0.503. The van der Waals surface area contributed by atoms with Gasteiger partial charge in [0.15, 0.2) is 0 Å². The third-order valence-corrected chi connectivity index (χ3v) is 6.73. The summed E-state index contributed by atoms with van der Waals surface area (Å²) < 4.78 is 13.9. The number of halogens is 1. The molecule has 0 N–H and O–H groups in total. The number of aryl methyl sites for hydroxylation is 2. The Morgan fingerprint density at radius 1 is 1.19 bits per heavy atom. The summed E-state index contributed by atoms with van der Waals surface area (Å²) in [6, 6.07) is 10.4. The van der Waals surface area contributed by atoms with Crippen molar-refractivity contribution in [3.63, 3.8) is 0 Å². The number of nitrogens with zero attached hydrogens (tertiary/aromatic N) is 2. The lowest BCUT2D eigenvalue weighted by Gasteiger charge is -2.23. The zero-order valence-corrected chi connectivity index (χ0v) is 17.3. The second-order valence-corrected chi connectivity index (χ2v) is 8.67. The fraction of sp³-hybridized carbons (Fsp3) is 0.238. The number of rotatable bonds is 5. The largest absolute Gasteiger partial charge is 0.335 e. The van der Waals surface area contributed by atoms with Crippen molar-refractivity contribution in [3.8, 4) is 10.4 Å². The molecule has 2 aromatic heterocycles. The molecule has 0 saturated heterocycles. The SMILES string of the molecule is Cc1nc(C)c(C(C)N(C)C(=O)C=Cc2ccc(-c3ccccc3F)s2)s1. The van der Waals surface area contributed by atoms with Crippen molar-refractivity contribution in [2.45, 2.75) is 26.8 Å². The van der Waals surface area contributed by atoms with Crippen LogP contribution in [-0.4, -0.2) is 22.8 Å². The molecular formula is C21H21FN2OS2. The molecular weight excluding hydrogens is 379 g/mol. The Kier molecular flexibility index (Phi) is 5.87. The minimum atomic E-state index is -0.241. The third kappa shape index (κ3) is 4.34. The van der Waals surface area contributed by atoms with Crippen molar-refractivity contribution in [1.82, 2.24) is 9.88 Å². The number of amides is 1. The number of benzene rings is 1. The van der Waals surface area contributed by atoms with Crippen molar-refractivity contribution >= 4 is 34.7 Å². The van der Waals surface area contributed by atoms with Crippen LogP contribution < -0.4 is 0 Å². The second kappa shape index (κ2) is 8.15. The van der Waals surface area contributed by atoms with Crippen LogP contribution in [0.5, 0.6) is 0 Å². The van der Waals surface area contributed by atoms with Gasteiger partial charge in [0.05, 0.1) is 16.7 Å². The fourth-order valence-electron chi connectivity index (χ4n) is 2.82. The van der Waals surface area contributed by atoms with Crippen LogP contribution >= 0.6 is 22.7 Å². The Balaban J connectivity index is 1.71. The normalized spacial score (nSPS) is 12.5. The second-order valence-electron chi connectivity index (χ2n) is 6.32. The van der Waals surface area contributed by atoms with Crippen LogP contribution in [0.3, 0.4) is 0 Å². The molecule has 0 saturated carbocycles. The number of aromatic nitrogens is 1. The van der Waals surface area contributed by atoms with Crippen molar-refractivity contribution in [1.29, 1.82) is 0 Å². The third-order valence-electron chi connectivity index (χ3n) is 4.40. The molecule has 0 fully saturated rings. The molecule has 0 radical (unpaired) electrons. The lowest BCUT2D eigenvalue weighted by molar-refractivity contribution is -0.126. The van der Waals surface area contributed by atoms with Crippen LogP contribution in [0.2, 0.25) is 0 Å². The molecule has 0 spiro atoms. The average Bonchev–Trinajstić information content (AvgIpc) is 3.24. The van der Waals surface area contributed by atoms with E-state index in [1.165, 1.54) is 17.4 Å². The molecule has 1 unspecified atom stereocenters. The summed E-state index contributed by atoms with van der Waals surface area (Å²) in [5.74, 6) is -0.316. The molecule has 0 aliphatic rings. The first kappa shape index (κ1) is 19.5. The maximum absolute atomic E-state index is 13.9. The van der Waals surface area contributed by atoms with Crippen LogP contribution in [0.1, 0.15) is 33.4 Å². The van der Waals surface area contributed by atoms with Gasteiger partial charge in [-0.05, 0) is 45.0 Å². The summed E-state index contributed by atoms with van der Waals surface area (Å²) >= 11 is 3.08. The van der Waals surface area contributed by atoms with E-state index >= 15 is 0 Å². The molecule has 3 rings (SSSR count). The topological polar surface area (TPSA) is 33.2 Å². The molecule has 1 atom stereocenters. The molecule has 6 heteroatoms. The Bertz CT molecular complexity index is 990. The van der Waals surface area contributed by atoms with Crippen LogP contribution in [0.15, 0.2) is 42.5 Å². The number of likely N-dealkylation sites (N-methyl/N-ethyl adjacent to an activating group) is 1. The molecule has 3 aromatic rings. The smallest absolute Gasteiger partial charge is 0.246 e. The highest BCUT2D eigenvalue weighted by atomic mass is 32.1. The van der Waals surface area contributed by atoms with E-state index in [4.69, 9.17) is 0 Å². The maximum atomic E-state index is 13.9. The van der Waals surface area contributed by atoms with Gasteiger partial charge in [-0.1, -0.05) is 18.2 Å². The van der Waals surface area contributed by atoms with Gasteiger partial charge in [-0.3, -0.25) is 4.79 Å². The molecule has 1 aromatic carbocycles. The minimum absolute atomic E-state index is 0.0364. The first-order chi connectivity index (χ1) is 12.9. The highest BCUT2D eigenvalue weighted by molar-refractivity contribution is 7.16. The molecule has 140 valence electrons. The molecule has 2 heterocycles. The van der Waals surface area contributed by atoms with Crippen molar-refractivity contribution in [2.24, 2.45) is 0 Å². The highest BCUT2D eigenvalue weighted by Crippen LogP contribution is 2.31. The van der Waals surface area contributed by atoms with Gasteiger partial charge < -0.3 is 4.90 Å². The zero-order chi connectivity index (χ0) is 19.6. The van der Waals surface area contributed by atoms with Gasteiger partial charge in [-0.15, -0.1) is 22.7 Å². The monoisotopic (exact) mass is 400 g/mol. The molecule has 27 heavy (non-hydrogen) atoms. The van der Waals surface area contributed by atoms with Crippen LogP contribution in [0.4, 0.5) is 4.39 Å². The molecule has 3 nitrogen and oxygen atoms in total. The van der Waals surface area contributed by atoms with Gasteiger partial charge in [-0.25, -0.2) is 9.37 Å². The van der Waals surface area contributed by atoms with Gasteiger partial charge in [-0.2, -0.15) is 0 Å². The number of carbonyl (C=O) groups excluding carboxylic acids is 1. The number of thiophene rings is 1. The number of thiazole rings is 1. The first-order valence-electron chi connectivity index (χ1n) is 8.60. The average molecular weight is 401 g/mol. The van der Waals surface area contributed by atoms with E-state index in [0.29, 0.717) is 5.56 Å². The van der Waals surface area contributed by atoms with Gasteiger partial charge in [0, 0.05) is 33.3 Å². The maximum Gasteiger partial charge on any atom is 0.246 e. The fourth-order valence-corrected chi connectivity index (χ4v) is 4.78. The predicted molar refractivity (Wildman–Crippen MR) is 112 cm³/mol. The van der Waals surface area contributed by atoms with E-state index in [1.807, 2.05) is 39.0 Å². The molecule has 1 amide bonds. The van der Waals surface area contributed by atoms with Crippen LogP contribution in [0.25, 0.3) is 16.5 Å². The van der Waals surface area contributed by atoms with Crippen molar-refractivity contribution in [2.75, 3.05) is 7.05 Å². The lowest BCUT2D eigenvalue weighted by atomic mass is 10.2. The number of hydrogen-bond acceptors (Lipinski definition) is 4. The van der Waals surface area contributed by atoms with E-state index in [9.17, 15) is 9.18 Å². The lowest BCUT2D eigenvalue weighted by Crippen LogP contribution is -2.27. The predicted octanol–water partition coefficient (Wildman–Crippen LogP) is 5.86. The summed E-state index contributed by atoms with van der Waals surface area (Å²) in [7, 11) is 1.80. The summed E-state index contributed by atoms with van der Waals surface area (Å²) in [4.78, 5) is 21.6. The standard InChI is InChI=1S/C21H21FN2OS2/c1-13-21(26-15(3)23-13)14(2)24(4)20(25)12-10-16-9-11-19(27-16)17-7-5-6-8-18(17)22/h5-12,14H,1-4H3. The first-order valence-corrected chi connectivity index (χ1v) is 10.2. The van der Waals surface area contributed by atoms with Gasteiger partial charge in [0.25, 0.3) is 0 Å². The van der Waals surface area contributed by atoms with Gasteiger partial charge in [0.2, 0.25) is 5.91 Å². The minimum Gasteiger partial charge on any atom is -0.335 e. The van der Waals surface area contributed by atoms with E-state index in [2.05, 4.69) is 4.98 Å². The Hall–Kier alpha value is -2.31. The van der Waals surface area contributed by atoms with Crippen molar-refractivity contribution < 1.29 is 9.18 Å². The van der Waals surface area contributed by atoms with Gasteiger partial charge >= 0.3 is 0 Å². The van der Waals surface area contributed by atoms with E-state index in [0.717, 1.165) is 25.3 Å². The Labute approximate surface area is 166 Å². The summed E-state index contributed by atoms with van der Waals surface area (Å²) in [5, 5.41) is 1.00. The van der Waals surface area contributed by atoms with Crippen LogP contribution in [-0.2, 0) is 4.79 Å². The van der Waals surface area contributed by atoms with E-state index < -0.39 is 0 Å². The molecule has 0 bridgehead atoms. The summed E-state index contributed by atoms with van der Waals surface area (Å²) in [6.07, 6.45) is 3.35. The van der Waals surface area contributed by atoms with Crippen molar-refractivity contribution in [3.05, 3.63) is 68.7 Å². The van der Waals surface area contributed by atoms with Crippen LogP contribution in [0, 0.1) is 19.7 Å². The Morgan fingerprint density at radius 3 is 2.59 bits per heavy atom. The van der Waals surface area contributed by atoms with Gasteiger partial charge in [0.1, 0.15) is 5.82 Å². The Morgan fingerprint density at radius 2 is 1.93 bits per heavy atom. The van der Waals surface area contributed by atoms with E-state index in [-0.39, 0.29) is 17.8 Å². The molecule has 0 aliphatic heterocycles. The number of hydrogen-bond donors (Lipinski definition) is 0. The molecule has 0 aliphatic carbocycles. The highest BCUT2D eigenvalue weighted by Gasteiger charge is 2.20. The number of carbonyl (C=O) groups is 1. The zero-order valence-electron chi connectivity index (χ0n) is 15.7.